The molecule has 0 saturated heterocycles. The van der Waals surface area contributed by atoms with Crippen LogP contribution in [0.3, 0.4) is 0 Å². The molecule has 1 heterocycles. The van der Waals surface area contributed by atoms with Gasteiger partial charge in [0.15, 0.2) is 0 Å². The van der Waals surface area contributed by atoms with E-state index in [1.807, 2.05) is 36.4 Å². The van der Waals surface area contributed by atoms with Crippen molar-refractivity contribution in [3.63, 3.8) is 0 Å². The standard InChI is InChI=1S/C16H13ClN4O/c17-11-6-7-13-14(8-9-18-15(13)10-11)20-21-16(22)19-12-4-2-1-3-5-12/h1-10H,(H,18,20)(H2,19,21,22). The highest BCUT2D eigenvalue weighted by atomic mass is 35.5. The second-order valence-electron chi connectivity index (χ2n) is 4.59. The van der Waals surface area contributed by atoms with E-state index in [0.717, 1.165) is 16.6 Å². The van der Waals surface area contributed by atoms with E-state index in [2.05, 4.69) is 21.2 Å². The Balaban J connectivity index is 1.70. The van der Waals surface area contributed by atoms with Crippen molar-refractivity contribution in [1.82, 2.24) is 10.4 Å². The Bertz CT molecular complexity index is 808. The van der Waals surface area contributed by atoms with E-state index in [9.17, 15) is 4.79 Å². The average Bonchev–Trinajstić information content (AvgIpc) is 2.53. The molecule has 1 aromatic heterocycles. The van der Waals surface area contributed by atoms with Crippen LogP contribution in [-0.2, 0) is 0 Å². The number of carbonyl (C=O) groups is 1. The minimum absolute atomic E-state index is 0.356. The third-order valence-corrected chi connectivity index (χ3v) is 3.28. The van der Waals surface area contributed by atoms with Crippen LogP contribution in [0.15, 0.2) is 60.8 Å². The van der Waals surface area contributed by atoms with E-state index in [1.54, 1.807) is 24.4 Å². The topological polar surface area (TPSA) is 66.0 Å². The zero-order chi connectivity index (χ0) is 15.4. The van der Waals surface area contributed by atoms with Crippen LogP contribution in [0.2, 0.25) is 5.02 Å². The number of para-hydroxylation sites is 1. The molecule has 5 nitrogen and oxygen atoms in total. The lowest BCUT2D eigenvalue weighted by Gasteiger charge is -2.11. The van der Waals surface area contributed by atoms with Gasteiger partial charge in [0.2, 0.25) is 0 Å². The lowest BCUT2D eigenvalue weighted by Crippen LogP contribution is -2.33. The molecule has 22 heavy (non-hydrogen) atoms. The van der Waals surface area contributed by atoms with Crippen LogP contribution >= 0.6 is 11.6 Å². The first-order valence-electron chi connectivity index (χ1n) is 6.65. The van der Waals surface area contributed by atoms with Crippen LogP contribution in [0.1, 0.15) is 0 Å². The van der Waals surface area contributed by atoms with Crippen LogP contribution in [0.4, 0.5) is 16.2 Å². The summed E-state index contributed by atoms with van der Waals surface area (Å²) >= 11 is 5.95. The number of halogens is 1. The molecule has 0 saturated carbocycles. The largest absolute Gasteiger partial charge is 0.337 e. The number of nitrogens with zero attached hydrogens (tertiary/aromatic N) is 1. The molecule has 6 heteroatoms. The molecular weight excluding hydrogens is 300 g/mol. The predicted molar refractivity (Wildman–Crippen MR) is 89.0 cm³/mol. The Labute approximate surface area is 132 Å². The lowest BCUT2D eigenvalue weighted by molar-refractivity contribution is 0.254. The average molecular weight is 313 g/mol. The van der Waals surface area contributed by atoms with Crippen LogP contribution in [0.25, 0.3) is 10.9 Å². The quantitative estimate of drug-likeness (QED) is 0.639. The van der Waals surface area contributed by atoms with Crippen molar-refractivity contribution in [1.29, 1.82) is 0 Å². The van der Waals surface area contributed by atoms with Crippen LogP contribution in [0, 0.1) is 0 Å². The van der Waals surface area contributed by atoms with Crippen molar-refractivity contribution >= 4 is 39.9 Å². The van der Waals surface area contributed by atoms with Crippen molar-refractivity contribution in [3.05, 3.63) is 65.8 Å². The van der Waals surface area contributed by atoms with Gasteiger partial charge in [-0.2, -0.15) is 0 Å². The molecule has 0 aliphatic rings. The van der Waals surface area contributed by atoms with E-state index >= 15 is 0 Å². The molecule has 0 spiro atoms. The molecule has 2 amide bonds. The first-order chi connectivity index (χ1) is 10.7. The number of amides is 2. The molecule has 0 bridgehead atoms. The smallest absolute Gasteiger partial charge is 0.307 e. The second-order valence-corrected chi connectivity index (χ2v) is 5.03. The summed E-state index contributed by atoms with van der Waals surface area (Å²) < 4.78 is 0. The molecule has 3 aromatic rings. The van der Waals surface area contributed by atoms with Gasteiger partial charge in [0.05, 0.1) is 11.2 Å². The van der Waals surface area contributed by atoms with E-state index in [4.69, 9.17) is 11.6 Å². The normalized spacial score (nSPS) is 10.2. The summed E-state index contributed by atoms with van der Waals surface area (Å²) in [6.07, 6.45) is 1.65. The van der Waals surface area contributed by atoms with Crippen molar-refractivity contribution in [3.8, 4) is 0 Å². The number of hydrazine groups is 1. The molecule has 0 aliphatic carbocycles. The van der Waals surface area contributed by atoms with Gasteiger partial charge in [0.25, 0.3) is 0 Å². The van der Waals surface area contributed by atoms with Gasteiger partial charge in [0, 0.05) is 22.3 Å². The van der Waals surface area contributed by atoms with Crippen molar-refractivity contribution < 1.29 is 4.79 Å². The molecule has 3 N–H and O–H groups in total. The molecule has 2 aromatic carbocycles. The Kier molecular flexibility index (Phi) is 4.07. The minimum Gasteiger partial charge on any atom is -0.307 e. The number of hydrogen-bond acceptors (Lipinski definition) is 3. The van der Waals surface area contributed by atoms with Gasteiger partial charge in [-0.1, -0.05) is 29.8 Å². The highest BCUT2D eigenvalue weighted by Gasteiger charge is 2.04. The molecule has 0 fully saturated rings. The van der Waals surface area contributed by atoms with E-state index in [0.29, 0.717) is 10.7 Å². The van der Waals surface area contributed by atoms with Gasteiger partial charge in [-0.3, -0.25) is 15.8 Å². The summed E-state index contributed by atoms with van der Waals surface area (Å²) in [6, 6.07) is 16.0. The number of pyridine rings is 1. The number of carbonyl (C=O) groups excluding carboxylic acids is 1. The summed E-state index contributed by atoms with van der Waals surface area (Å²) in [4.78, 5) is 16.1. The van der Waals surface area contributed by atoms with E-state index < -0.39 is 0 Å². The lowest BCUT2D eigenvalue weighted by atomic mass is 10.2. The Morgan fingerprint density at radius 3 is 2.68 bits per heavy atom. The van der Waals surface area contributed by atoms with Crippen molar-refractivity contribution in [2.75, 3.05) is 10.7 Å². The maximum atomic E-state index is 11.9. The number of anilines is 2. The number of fused-ring (bicyclic) bond motifs is 1. The molecule has 0 aliphatic heterocycles. The first kappa shape index (κ1) is 14.2. The minimum atomic E-state index is -0.356. The van der Waals surface area contributed by atoms with Gasteiger partial charge >= 0.3 is 6.03 Å². The number of aromatic nitrogens is 1. The van der Waals surface area contributed by atoms with Gasteiger partial charge in [-0.15, -0.1) is 0 Å². The summed E-state index contributed by atoms with van der Waals surface area (Å²) in [6.45, 7) is 0. The van der Waals surface area contributed by atoms with Gasteiger partial charge in [-0.25, -0.2) is 4.79 Å². The third kappa shape index (κ3) is 3.27. The Morgan fingerprint density at radius 1 is 1.05 bits per heavy atom. The van der Waals surface area contributed by atoms with Crippen molar-refractivity contribution in [2.45, 2.75) is 0 Å². The fourth-order valence-corrected chi connectivity index (χ4v) is 2.20. The fraction of sp³-hybridized carbons (Fsp3) is 0. The summed E-state index contributed by atoms with van der Waals surface area (Å²) in [5, 5.41) is 4.21. The van der Waals surface area contributed by atoms with Gasteiger partial charge in [0.1, 0.15) is 0 Å². The van der Waals surface area contributed by atoms with Crippen LogP contribution in [-0.4, -0.2) is 11.0 Å². The summed E-state index contributed by atoms with van der Waals surface area (Å²) in [7, 11) is 0. The van der Waals surface area contributed by atoms with E-state index in [1.165, 1.54) is 0 Å². The van der Waals surface area contributed by atoms with E-state index in [-0.39, 0.29) is 6.03 Å². The maximum absolute atomic E-state index is 11.9. The zero-order valence-electron chi connectivity index (χ0n) is 11.5. The second kappa shape index (κ2) is 6.32. The van der Waals surface area contributed by atoms with Crippen LogP contribution < -0.4 is 16.2 Å². The first-order valence-corrected chi connectivity index (χ1v) is 7.02. The molecular formula is C16H13ClN4O. The summed E-state index contributed by atoms with van der Waals surface area (Å²) in [5.41, 5.74) is 7.68. The monoisotopic (exact) mass is 312 g/mol. The number of nitrogens with one attached hydrogen (secondary N) is 3. The highest BCUT2D eigenvalue weighted by Crippen LogP contribution is 2.23. The predicted octanol–water partition coefficient (Wildman–Crippen LogP) is 4.04. The molecule has 110 valence electrons. The van der Waals surface area contributed by atoms with Gasteiger partial charge < -0.3 is 5.32 Å². The molecule has 0 radical (unpaired) electrons. The van der Waals surface area contributed by atoms with Crippen LogP contribution in [0.5, 0.6) is 0 Å². The number of rotatable bonds is 3. The van der Waals surface area contributed by atoms with Crippen molar-refractivity contribution in [2.24, 2.45) is 0 Å². The third-order valence-electron chi connectivity index (χ3n) is 3.05. The number of hydrogen-bond donors (Lipinski definition) is 3. The highest BCUT2D eigenvalue weighted by molar-refractivity contribution is 6.31. The molecule has 0 atom stereocenters. The zero-order valence-corrected chi connectivity index (χ0v) is 12.3. The van der Waals surface area contributed by atoms with Gasteiger partial charge in [-0.05, 0) is 36.4 Å². The summed E-state index contributed by atoms with van der Waals surface area (Å²) in [5.74, 6) is 0. The Hall–Kier alpha value is -2.79. The maximum Gasteiger partial charge on any atom is 0.337 e. The number of urea groups is 1. The molecule has 0 unspecified atom stereocenters. The fourth-order valence-electron chi connectivity index (χ4n) is 2.04. The Morgan fingerprint density at radius 2 is 1.86 bits per heavy atom. The molecule has 3 rings (SSSR count). The number of benzene rings is 2. The SMILES string of the molecule is O=C(NNc1ccnc2cc(Cl)ccc12)Nc1ccccc1.